The summed E-state index contributed by atoms with van der Waals surface area (Å²) in [6, 6.07) is 57.8. The van der Waals surface area contributed by atoms with Crippen molar-refractivity contribution < 1.29 is 0 Å². The molecule has 1 heteroatoms. The highest BCUT2D eigenvalue weighted by Gasteiger charge is 2.38. The van der Waals surface area contributed by atoms with E-state index < -0.39 is 0 Å². The van der Waals surface area contributed by atoms with Crippen LogP contribution in [0.25, 0.3) is 88.3 Å². The lowest BCUT2D eigenvalue weighted by atomic mass is 9.79. The molecule has 1 heterocycles. The molecule has 0 bridgehead atoms. The van der Waals surface area contributed by atoms with Gasteiger partial charge in [-0.2, -0.15) is 0 Å². The molecule has 3 aliphatic carbocycles. The first kappa shape index (κ1) is 34.5. The summed E-state index contributed by atoms with van der Waals surface area (Å²) in [7, 11) is 0. The second kappa shape index (κ2) is 11.8. The van der Waals surface area contributed by atoms with E-state index in [2.05, 4.69) is 199 Å². The standard InChI is InChI=1S/C58H45N/c1-56(2)48-16-10-7-13-38(48)41-23-19-35(30-51(41)56)34-20-26-44-46(29-34)54(36-21-24-42-39-14-8-11-17-49(39)57(3,4)52(42)31-36)45-27-28-59-33-47(45)55(44)37-22-25-43-40-15-9-12-18-50(40)58(5,6)53(43)32-37/h7-33H,1-6H3. The van der Waals surface area contributed by atoms with Crippen molar-refractivity contribution in [1.29, 1.82) is 0 Å². The Morgan fingerprint density at radius 1 is 0.305 bits per heavy atom. The predicted octanol–water partition coefficient (Wildman–Crippen LogP) is 15.3. The second-order valence-electron chi connectivity index (χ2n) is 18.7. The minimum Gasteiger partial charge on any atom is -0.264 e. The molecule has 8 aromatic carbocycles. The van der Waals surface area contributed by atoms with Gasteiger partial charge in [-0.3, -0.25) is 4.98 Å². The summed E-state index contributed by atoms with van der Waals surface area (Å²) >= 11 is 0. The lowest BCUT2D eigenvalue weighted by Crippen LogP contribution is -2.15. The third-order valence-corrected chi connectivity index (χ3v) is 14.6. The number of hydrogen-bond donors (Lipinski definition) is 0. The van der Waals surface area contributed by atoms with Crippen LogP contribution in [0.2, 0.25) is 0 Å². The van der Waals surface area contributed by atoms with Crippen LogP contribution in [0.3, 0.4) is 0 Å². The molecule has 1 nitrogen and oxygen atoms in total. The molecule has 0 fully saturated rings. The average molecular weight is 756 g/mol. The Labute approximate surface area is 347 Å². The zero-order valence-electron chi connectivity index (χ0n) is 34.5. The summed E-state index contributed by atoms with van der Waals surface area (Å²) in [5.41, 5.74) is 23.6. The molecule has 0 N–H and O–H groups in total. The van der Waals surface area contributed by atoms with Gasteiger partial charge in [0.15, 0.2) is 0 Å². The summed E-state index contributed by atoms with van der Waals surface area (Å²) in [6.45, 7) is 14.2. The van der Waals surface area contributed by atoms with E-state index in [0.29, 0.717) is 0 Å². The normalized spacial score (nSPS) is 15.7. The van der Waals surface area contributed by atoms with Crippen molar-refractivity contribution in [3.8, 4) is 66.8 Å². The Morgan fingerprint density at radius 2 is 0.678 bits per heavy atom. The zero-order chi connectivity index (χ0) is 40.0. The molecule has 3 aliphatic rings. The molecular formula is C58H45N. The first-order valence-electron chi connectivity index (χ1n) is 21.1. The number of nitrogens with zero attached hydrogens (tertiary/aromatic N) is 1. The number of hydrogen-bond acceptors (Lipinski definition) is 1. The summed E-state index contributed by atoms with van der Waals surface area (Å²) in [4.78, 5) is 4.81. The Bertz CT molecular complexity index is 3300. The number of aromatic nitrogens is 1. The number of benzene rings is 8. The van der Waals surface area contributed by atoms with Gasteiger partial charge in [0.25, 0.3) is 0 Å². The maximum Gasteiger partial charge on any atom is 0.0353 e. The molecule has 9 aromatic rings. The van der Waals surface area contributed by atoms with Crippen LogP contribution in [0.4, 0.5) is 0 Å². The van der Waals surface area contributed by atoms with Gasteiger partial charge in [0.2, 0.25) is 0 Å². The summed E-state index contributed by atoms with van der Waals surface area (Å²) in [5, 5.41) is 4.91. The van der Waals surface area contributed by atoms with Crippen LogP contribution >= 0.6 is 0 Å². The van der Waals surface area contributed by atoms with Gasteiger partial charge in [-0.25, -0.2) is 0 Å². The molecule has 0 radical (unpaired) electrons. The molecule has 1 aromatic heterocycles. The maximum absolute atomic E-state index is 4.81. The fourth-order valence-electron chi connectivity index (χ4n) is 11.5. The number of fused-ring (bicyclic) bond motifs is 11. The maximum atomic E-state index is 4.81. The monoisotopic (exact) mass is 755 g/mol. The van der Waals surface area contributed by atoms with Crippen molar-refractivity contribution in [2.45, 2.75) is 57.8 Å². The van der Waals surface area contributed by atoms with E-state index in [1.54, 1.807) is 0 Å². The molecule has 0 amide bonds. The van der Waals surface area contributed by atoms with Gasteiger partial charge in [0.1, 0.15) is 0 Å². The Hall–Kier alpha value is -6.57. The fourth-order valence-corrected chi connectivity index (χ4v) is 11.5. The van der Waals surface area contributed by atoms with Gasteiger partial charge in [-0.1, -0.05) is 163 Å². The first-order chi connectivity index (χ1) is 28.5. The van der Waals surface area contributed by atoms with Crippen molar-refractivity contribution in [2.75, 3.05) is 0 Å². The van der Waals surface area contributed by atoms with Gasteiger partial charge in [-0.15, -0.1) is 0 Å². The van der Waals surface area contributed by atoms with Crippen LogP contribution in [-0.4, -0.2) is 4.98 Å². The quantitative estimate of drug-likeness (QED) is 0.164. The first-order valence-corrected chi connectivity index (χ1v) is 21.1. The van der Waals surface area contributed by atoms with Crippen LogP contribution < -0.4 is 0 Å². The average Bonchev–Trinajstić information content (AvgIpc) is 3.74. The van der Waals surface area contributed by atoms with Crippen LogP contribution in [-0.2, 0) is 16.2 Å². The topological polar surface area (TPSA) is 12.9 Å². The smallest absolute Gasteiger partial charge is 0.0353 e. The highest BCUT2D eigenvalue weighted by atomic mass is 14.6. The third-order valence-electron chi connectivity index (χ3n) is 14.6. The number of rotatable bonds is 3. The Morgan fingerprint density at radius 3 is 1.19 bits per heavy atom. The van der Waals surface area contributed by atoms with E-state index in [9.17, 15) is 0 Å². The van der Waals surface area contributed by atoms with Crippen molar-refractivity contribution in [3.05, 3.63) is 197 Å². The highest BCUT2D eigenvalue weighted by molar-refractivity contribution is 6.22. The van der Waals surface area contributed by atoms with Gasteiger partial charge >= 0.3 is 0 Å². The van der Waals surface area contributed by atoms with Crippen LogP contribution in [0.5, 0.6) is 0 Å². The van der Waals surface area contributed by atoms with Crippen molar-refractivity contribution >= 4 is 21.5 Å². The molecule has 0 unspecified atom stereocenters. The van der Waals surface area contributed by atoms with Gasteiger partial charge in [-0.05, 0) is 147 Å². The van der Waals surface area contributed by atoms with E-state index in [0.717, 1.165) is 0 Å². The lowest BCUT2D eigenvalue weighted by molar-refractivity contribution is 0.660. The molecule has 59 heavy (non-hydrogen) atoms. The van der Waals surface area contributed by atoms with Gasteiger partial charge in [0.05, 0.1) is 0 Å². The minimum atomic E-state index is -0.107. The predicted molar refractivity (Wildman–Crippen MR) is 248 cm³/mol. The van der Waals surface area contributed by atoms with Crippen molar-refractivity contribution in [3.63, 3.8) is 0 Å². The zero-order valence-corrected chi connectivity index (χ0v) is 34.5. The fraction of sp³-hybridized carbons (Fsp3) is 0.155. The highest BCUT2D eigenvalue weighted by Crippen LogP contribution is 2.54. The van der Waals surface area contributed by atoms with Crippen molar-refractivity contribution in [1.82, 2.24) is 4.98 Å². The third kappa shape index (κ3) is 4.59. The second-order valence-corrected chi connectivity index (χ2v) is 18.7. The summed E-state index contributed by atoms with van der Waals surface area (Å²) in [5.74, 6) is 0. The van der Waals surface area contributed by atoms with E-state index in [1.165, 1.54) is 122 Å². The van der Waals surface area contributed by atoms with E-state index in [-0.39, 0.29) is 16.2 Å². The molecule has 0 saturated heterocycles. The molecule has 0 spiro atoms. The van der Waals surface area contributed by atoms with Gasteiger partial charge in [0, 0.05) is 34.0 Å². The largest absolute Gasteiger partial charge is 0.264 e. The lowest BCUT2D eigenvalue weighted by Gasteiger charge is -2.24. The Balaban J connectivity index is 1.13. The van der Waals surface area contributed by atoms with E-state index in [4.69, 9.17) is 4.98 Å². The van der Waals surface area contributed by atoms with Crippen LogP contribution in [0.15, 0.2) is 164 Å². The summed E-state index contributed by atoms with van der Waals surface area (Å²) < 4.78 is 0. The molecular weight excluding hydrogens is 711 g/mol. The molecule has 0 atom stereocenters. The minimum absolute atomic E-state index is 0.0733. The Kier molecular flexibility index (Phi) is 6.87. The molecule has 0 saturated carbocycles. The SMILES string of the molecule is CC1(C)c2ccccc2-c2ccc(-c3ccc4c(-c5ccc6c(c5)C(C)(C)c5ccccc5-6)c5cnccc5c(-c5ccc6c(c5)C(C)(C)c5ccccc5-6)c4c3)cc21. The van der Waals surface area contributed by atoms with E-state index in [1.807, 2.05) is 6.20 Å². The molecule has 0 aliphatic heterocycles. The molecule has 282 valence electrons. The van der Waals surface area contributed by atoms with Crippen molar-refractivity contribution in [2.24, 2.45) is 0 Å². The van der Waals surface area contributed by atoms with Crippen LogP contribution in [0, 0.1) is 0 Å². The van der Waals surface area contributed by atoms with Crippen LogP contribution in [0.1, 0.15) is 74.9 Å². The molecule has 12 rings (SSSR count). The van der Waals surface area contributed by atoms with Gasteiger partial charge < -0.3 is 0 Å². The van der Waals surface area contributed by atoms with E-state index >= 15 is 0 Å². The number of pyridine rings is 1. The summed E-state index contributed by atoms with van der Waals surface area (Å²) in [6.07, 6.45) is 4.07.